The summed E-state index contributed by atoms with van der Waals surface area (Å²) in [4.78, 5) is 38.6. The van der Waals surface area contributed by atoms with E-state index in [0.29, 0.717) is 18.3 Å². The van der Waals surface area contributed by atoms with Gasteiger partial charge in [0.15, 0.2) is 0 Å². The lowest BCUT2D eigenvalue weighted by Gasteiger charge is -2.46. The van der Waals surface area contributed by atoms with Gasteiger partial charge in [-0.05, 0) is 55.2 Å². The maximum absolute atomic E-state index is 12.0. The Hall–Kier alpha value is -2.37. The summed E-state index contributed by atoms with van der Waals surface area (Å²) in [5.74, 6) is -0.570. The number of anilines is 1. The van der Waals surface area contributed by atoms with Crippen LogP contribution in [0.5, 0.6) is 0 Å². The monoisotopic (exact) mass is 369 g/mol. The third-order valence-corrected chi connectivity index (χ3v) is 6.73. The Morgan fingerprint density at radius 3 is 2.19 bits per heavy atom. The number of piperidine rings is 3. The van der Waals surface area contributed by atoms with Gasteiger partial charge < -0.3 is 9.80 Å². The Balaban J connectivity index is 1.36. The van der Waals surface area contributed by atoms with Gasteiger partial charge >= 0.3 is 0 Å². The van der Waals surface area contributed by atoms with Crippen LogP contribution in [0.1, 0.15) is 50.0 Å². The number of likely N-dealkylation sites (tertiary alicyclic amines) is 1. The normalized spacial score (nSPS) is 25.4. The first-order valence-corrected chi connectivity index (χ1v) is 9.97. The van der Waals surface area contributed by atoms with Crippen molar-refractivity contribution in [1.82, 2.24) is 10.2 Å². The van der Waals surface area contributed by atoms with Crippen LogP contribution in [-0.4, -0.2) is 49.3 Å². The molecule has 4 rings (SSSR count). The fourth-order valence-electron chi connectivity index (χ4n) is 4.77. The van der Waals surface area contributed by atoms with Gasteiger partial charge in [0.05, 0.1) is 5.92 Å². The van der Waals surface area contributed by atoms with Crippen LogP contribution in [0.2, 0.25) is 0 Å². The summed E-state index contributed by atoms with van der Waals surface area (Å²) in [5, 5.41) is 2.43. The number of benzene rings is 1. The average molecular weight is 369 g/mol. The predicted octanol–water partition coefficient (Wildman–Crippen LogP) is 2.05. The molecule has 0 saturated carbocycles. The van der Waals surface area contributed by atoms with E-state index >= 15 is 0 Å². The zero-order valence-corrected chi connectivity index (χ0v) is 15.7. The number of carbonyl (C=O) groups excluding carboxylic acids is 3. The van der Waals surface area contributed by atoms with E-state index in [1.54, 1.807) is 0 Å². The second kappa shape index (κ2) is 7.33. The van der Waals surface area contributed by atoms with Crippen LogP contribution in [0.15, 0.2) is 24.3 Å². The largest absolute Gasteiger partial charge is 0.371 e. The van der Waals surface area contributed by atoms with Gasteiger partial charge in [-0.15, -0.1) is 0 Å². The van der Waals surface area contributed by atoms with E-state index in [1.807, 2.05) is 17.0 Å². The molecule has 1 spiro atoms. The van der Waals surface area contributed by atoms with E-state index in [-0.39, 0.29) is 17.7 Å². The van der Waals surface area contributed by atoms with Gasteiger partial charge in [-0.2, -0.15) is 0 Å². The molecular weight excluding hydrogens is 342 g/mol. The molecule has 3 fully saturated rings. The molecule has 144 valence electrons. The number of amides is 3. The fourth-order valence-corrected chi connectivity index (χ4v) is 4.77. The van der Waals surface area contributed by atoms with Gasteiger partial charge in [0.1, 0.15) is 0 Å². The summed E-state index contributed by atoms with van der Waals surface area (Å²) in [7, 11) is 0. The third-order valence-electron chi connectivity index (χ3n) is 6.73. The second-order valence-electron chi connectivity index (χ2n) is 8.22. The summed E-state index contributed by atoms with van der Waals surface area (Å²) in [6.07, 6.45) is 6.57. The van der Waals surface area contributed by atoms with E-state index in [0.717, 1.165) is 51.0 Å². The fraction of sp³-hybridized carbons (Fsp3) is 0.571. The minimum atomic E-state index is -0.218. The molecule has 3 saturated heterocycles. The van der Waals surface area contributed by atoms with Crippen molar-refractivity contribution in [3.05, 3.63) is 29.8 Å². The summed E-state index contributed by atoms with van der Waals surface area (Å²) < 4.78 is 0. The highest BCUT2D eigenvalue weighted by atomic mass is 16.2. The Bertz CT molecular complexity index is 713. The van der Waals surface area contributed by atoms with Gasteiger partial charge in [0.25, 0.3) is 0 Å². The highest BCUT2D eigenvalue weighted by Gasteiger charge is 2.37. The molecule has 1 aromatic carbocycles. The molecule has 3 heterocycles. The van der Waals surface area contributed by atoms with Crippen LogP contribution >= 0.6 is 0 Å². The van der Waals surface area contributed by atoms with E-state index in [2.05, 4.69) is 22.3 Å². The first-order valence-electron chi connectivity index (χ1n) is 9.97. The second-order valence-corrected chi connectivity index (χ2v) is 8.22. The molecule has 1 unspecified atom stereocenters. The van der Waals surface area contributed by atoms with E-state index in [1.165, 1.54) is 18.5 Å². The van der Waals surface area contributed by atoms with Crippen molar-refractivity contribution in [2.75, 3.05) is 31.1 Å². The van der Waals surface area contributed by atoms with Crippen molar-refractivity contribution in [3.8, 4) is 0 Å². The molecule has 0 bridgehead atoms. The first-order chi connectivity index (χ1) is 13.1. The number of carbonyl (C=O) groups is 3. The number of hydrogen-bond acceptors (Lipinski definition) is 4. The van der Waals surface area contributed by atoms with Crippen molar-refractivity contribution in [2.45, 2.75) is 44.4 Å². The van der Waals surface area contributed by atoms with Gasteiger partial charge in [-0.1, -0.05) is 12.1 Å². The average Bonchev–Trinajstić information content (AvgIpc) is 2.70. The van der Waals surface area contributed by atoms with Gasteiger partial charge in [0.2, 0.25) is 18.2 Å². The molecule has 0 aromatic heterocycles. The van der Waals surface area contributed by atoms with Crippen molar-refractivity contribution < 1.29 is 14.4 Å². The number of rotatable bonds is 3. The van der Waals surface area contributed by atoms with Crippen molar-refractivity contribution in [2.24, 2.45) is 5.41 Å². The number of hydrogen-bond donors (Lipinski definition) is 1. The van der Waals surface area contributed by atoms with Crippen molar-refractivity contribution in [1.29, 1.82) is 0 Å². The van der Waals surface area contributed by atoms with E-state index in [9.17, 15) is 14.4 Å². The van der Waals surface area contributed by atoms with Crippen LogP contribution in [-0.2, 0) is 14.4 Å². The highest BCUT2D eigenvalue weighted by Crippen LogP contribution is 2.42. The lowest BCUT2D eigenvalue weighted by molar-refractivity contribution is -0.134. The Morgan fingerprint density at radius 2 is 1.59 bits per heavy atom. The van der Waals surface area contributed by atoms with Gasteiger partial charge in [-0.25, -0.2) is 0 Å². The maximum atomic E-state index is 12.0. The first kappa shape index (κ1) is 18.0. The molecule has 27 heavy (non-hydrogen) atoms. The quantitative estimate of drug-likeness (QED) is 0.654. The third kappa shape index (κ3) is 3.70. The lowest BCUT2D eigenvalue weighted by Crippen LogP contribution is -2.46. The number of nitrogens with zero attached hydrogens (tertiary/aromatic N) is 2. The molecule has 6 nitrogen and oxygen atoms in total. The SMILES string of the molecule is O=CN1CCC2(CC1)CCN(c1ccc(C3CCC(=O)NC3=O)cc1)CC2. The van der Waals surface area contributed by atoms with Crippen LogP contribution in [0.3, 0.4) is 0 Å². The molecule has 1 N–H and O–H groups in total. The van der Waals surface area contributed by atoms with Crippen LogP contribution in [0, 0.1) is 5.41 Å². The molecule has 0 radical (unpaired) electrons. The molecule has 0 aliphatic carbocycles. The maximum Gasteiger partial charge on any atom is 0.234 e. The van der Waals surface area contributed by atoms with E-state index < -0.39 is 0 Å². The van der Waals surface area contributed by atoms with Crippen LogP contribution in [0.4, 0.5) is 5.69 Å². The Labute approximate surface area is 159 Å². The molecule has 6 heteroatoms. The summed E-state index contributed by atoms with van der Waals surface area (Å²) in [6, 6.07) is 8.27. The Morgan fingerprint density at radius 1 is 0.963 bits per heavy atom. The lowest BCUT2D eigenvalue weighted by atomic mass is 9.71. The summed E-state index contributed by atoms with van der Waals surface area (Å²) in [5.41, 5.74) is 2.59. The predicted molar refractivity (Wildman–Crippen MR) is 102 cm³/mol. The van der Waals surface area contributed by atoms with E-state index in [4.69, 9.17) is 0 Å². The summed E-state index contributed by atoms with van der Waals surface area (Å²) >= 11 is 0. The minimum absolute atomic E-state index is 0.172. The molecule has 3 amide bonds. The zero-order valence-electron chi connectivity index (χ0n) is 15.7. The Kier molecular flexibility index (Phi) is 4.89. The van der Waals surface area contributed by atoms with Gasteiger partial charge in [0, 0.05) is 38.3 Å². The molecule has 1 aromatic rings. The summed E-state index contributed by atoms with van der Waals surface area (Å²) in [6.45, 7) is 3.87. The standard InChI is InChI=1S/C21H27N3O3/c25-15-23-11-7-21(8-12-23)9-13-24(14-10-21)17-3-1-16(2-4-17)18-5-6-19(26)22-20(18)27/h1-4,15,18H,5-14H2,(H,22,26,27). The zero-order chi connectivity index (χ0) is 18.9. The van der Waals surface area contributed by atoms with Crippen molar-refractivity contribution >= 4 is 23.9 Å². The van der Waals surface area contributed by atoms with Crippen LogP contribution in [0.25, 0.3) is 0 Å². The highest BCUT2D eigenvalue weighted by molar-refractivity contribution is 6.00. The van der Waals surface area contributed by atoms with Crippen molar-refractivity contribution in [3.63, 3.8) is 0 Å². The molecule has 1 atom stereocenters. The smallest absolute Gasteiger partial charge is 0.234 e. The molecular formula is C21H27N3O3. The molecule has 3 aliphatic rings. The number of imide groups is 1. The van der Waals surface area contributed by atoms with Crippen LogP contribution < -0.4 is 10.2 Å². The number of nitrogens with one attached hydrogen (secondary N) is 1. The van der Waals surface area contributed by atoms with Gasteiger partial charge in [-0.3, -0.25) is 19.7 Å². The topological polar surface area (TPSA) is 69.7 Å². The molecule has 3 aliphatic heterocycles. The minimum Gasteiger partial charge on any atom is -0.371 e.